The summed E-state index contributed by atoms with van der Waals surface area (Å²) in [4.78, 5) is 0. The summed E-state index contributed by atoms with van der Waals surface area (Å²) in [6.45, 7) is 2.22. The molecule has 26 heavy (non-hydrogen) atoms. The highest BCUT2D eigenvalue weighted by Gasteiger charge is 2.35. The van der Waals surface area contributed by atoms with Crippen molar-refractivity contribution in [3.8, 4) is 11.1 Å². The minimum absolute atomic E-state index is 0.00183. The molecule has 2 aromatic carbocycles. The van der Waals surface area contributed by atoms with Gasteiger partial charge in [-0.25, -0.2) is 4.39 Å². The normalized spacial score (nSPS) is 21.0. The van der Waals surface area contributed by atoms with Gasteiger partial charge in [0.05, 0.1) is 5.56 Å². The summed E-state index contributed by atoms with van der Waals surface area (Å²) >= 11 is 0. The highest BCUT2D eigenvalue weighted by molar-refractivity contribution is 5.65. The summed E-state index contributed by atoms with van der Waals surface area (Å²) in [5.74, 6) is 0.131. The number of hydrogen-bond acceptors (Lipinski definition) is 0. The predicted octanol–water partition coefficient (Wildman–Crippen LogP) is 7.59. The molecule has 0 saturated heterocycles. The van der Waals surface area contributed by atoms with Crippen LogP contribution in [0.15, 0.2) is 42.5 Å². The maximum absolute atomic E-state index is 14.3. The summed E-state index contributed by atoms with van der Waals surface area (Å²) in [6.07, 6.45) is 2.62. The molecule has 0 aliphatic heterocycles. The molecular formula is C22H24F4. The first kappa shape index (κ1) is 18.9. The van der Waals surface area contributed by atoms with Gasteiger partial charge in [-0.05, 0) is 54.7 Å². The molecule has 1 aliphatic rings. The fourth-order valence-corrected chi connectivity index (χ4v) is 4.10. The van der Waals surface area contributed by atoms with Crippen molar-refractivity contribution in [2.24, 2.45) is 5.92 Å². The van der Waals surface area contributed by atoms with Gasteiger partial charge in [0.1, 0.15) is 5.82 Å². The van der Waals surface area contributed by atoms with Crippen molar-refractivity contribution in [1.82, 2.24) is 0 Å². The van der Waals surface area contributed by atoms with E-state index in [1.54, 1.807) is 12.1 Å². The van der Waals surface area contributed by atoms with Crippen LogP contribution in [-0.4, -0.2) is 0 Å². The van der Waals surface area contributed by atoms with Gasteiger partial charge in [-0.15, -0.1) is 0 Å². The molecule has 0 unspecified atom stereocenters. The van der Waals surface area contributed by atoms with E-state index in [1.165, 1.54) is 43.4 Å². The molecule has 0 amide bonds. The first-order valence-electron chi connectivity index (χ1n) is 9.36. The quantitative estimate of drug-likeness (QED) is 0.490. The van der Waals surface area contributed by atoms with Crippen LogP contribution in [0.25, 0.3) is 11.1 Å². The number of hydrogen-bond donors (Lipinski definition) is 0. The Morgan fingerprint density at radius 3 is 2.15 bits per heavy atom. The molecule has 0 aromatic heterocycles. The zero-order chi connectivity index (χ0) is 18.7. The van der Waals surface area contributed by atoms with Crippen molar-refractivity contribution in [2.45, 2.75) is 57.5 Å². The van der Waals surface area contributed by atoms with Crippen molar-refractivity contribution >= 4 is 0 Å². The molecule has 0 heterocycles. The second-order valence-electron chi connectivity index (χ2n) is 7.29. The molecule has 140 valence electrons. The topological polar surface area (TPSA) is 0 Å². The van der Waals surface area contributed by atoms with Crippen LogP contribution >= 0.6 is 0 Å². The lowest BCUT2D eigenvalue weighted by atomic mass is 9.77. The van der Waals surface area contributed by atoms with Crippen LogP contribution in [0, 0.1) is 11.7 Å². The van der Waals surface area contributed by atoms with E-state index in [9.17, 15) is 17.6 Å². The Hall–Kier alpha value is -1.84. The lowest BCUT2D eigenvalue weighted by molar-refractivity contribution is -0.139. The van der Waals surface area contributed by atoms with E-state index in [2.05, 4.69) is 6.92 Å². The molecule has 1 saturated carbocycles. The molecule has 0 bridgehead atoms. The van der Waals surface area contributed by atoms with E-state index < -0.39 is 17.6 Å². The zero-order valence-corrected chi connectivity index (χ0v) is 15.0. The minimum atomic E-state index is -4.68. The van der Waals surface area contributed by atoms with Gasteiger partial charge in [0.25, 0.3) is 0 Å². The van der Waals surface area contributed by atoms with Crippen molar-refractivity contribution in [3.05, 3.63) is 59.4 Å². The van der Waals surface area contributed by atoms with Crippen LogP contribution in [-0.2, 0) is 6.18 Å². The Kier molecular flexibility index (Phi) is 5.69. The maximum Gasteiger partial charge on any atom is 0.419 e. The molecule has 3 rings (SSSR count). The number of benzene rings is 2. The van der Waals surface area contributed by atoms with E-state index in [1.807, 2.05) is 12.1 Å². The van der Waals surface area contributed by atoms with Crippen LogP contribution in [0.2, 0.25) is 0 Å². The van der Waals surface area contributed by atoms with Crippen molar-refractivity contribution in [3.63, 3.8) is 0 Å². The lowest BCUT2D eigenvalue weighted by Crippen LogP contribution is -2.13. The van der Waals surface area contributed by atoms with Crippen LogP contribution < -0.4 is 0 Å². The van der Waals surface area contributed by atoms with Gasteiger partial charge >= 0.3 is 6.18 Å². The third-order valence-electron chi connectivity index (χ3n) is 5.54. The fourth-order valence-electron chi connectivity index (χ4n) is 4.10. The molecule has 4 heteroatoms. The number of alkyl halides is 3. The Morgan fingerprint density at radius 2 is 1.58 bits per heavy atom. The third kappa shape index (κ3) is 4.11. The number of rotatable bonds is 4. The van der Waals surface area contributed by atoms with Crippen LogP contribution in [0.5, 0.6) is 0 Å². The van der Waals surface area contributed by atoms with Gasteiger partial charge in [0, 0.05) is 5.56 Å². The average Bonchev–Trinajstić information content (AvgIpc) is 2.62. The molecule has 0 nitrogen and oxygen atoms in total. The summed E-state index contributed by atoms with van der Waals surface area (Å²) in [5.41, 5.74) is 0.472. The highest BCUT2D eigenvalue weighted by Crippen LogP contribution is 2.39. The van der Waals surface area contributed by atoms with Crippen molar-refractivity contribution < 1.29 is 17.6 Å². The molecule has 2 aromatic rings. The highest BCUT2D eigenvalue weighted by atomic mass is 19.4. The first-order chi connectivity index (χ1) is 12.4. The van der Waals surface area contributed by atoms with Crippen LogP contribution in [0.3, 0.4) is 0 Å². The van der Waals surface area contributed by atoms with Crippen LogP contribution in [0.4, 0.5) is 17.6 Å². The first-order valence-corrected chi connectivity index (χ1v) is 9.36. The van der Waals surface area contributed by atoms with E-state index in [-0.39, 0.29) is 5.56 Å². The molecule has 0 atom stereocenters. The monoisotopic (exact) mass is 364 g/mol. The predicted molar refractivity (Wildman–Crippen MR) is 96.4 cm³/mol. The maximum atomic E-state index is 14.3. The smallest absolute Gasteiger partial charge is 0.206 e. The van der Waals surface area contributed by atoms with Crippen molar-refractivity contribution in [1.29, 1.82) is 0 Å². The number of halogens is 4. The molecule has 1 fully saturated rings. The Labute approximate surface area is 152 Å². The molecule has 1 aliphatic carbocycles. The summed E-state index contributed by atoms with van der Waals surface area (Å²) in [7, 11) is 0. The lowest BCUT2D eigenvalue weighted by Gasteiger charge is -2.28. The second kappa shape index (κ2) is 7.81. The van der Waals surface area contributed by atoms with E-state index in [0.717, 1.165) is 24.8 Å². The summed E-state index contributed by atoms with van der Waals surface area (Å²) in [5, 5.41) is 0. The van der Waals surface area contributed by atoms with Crippen LogP contribution in [0.1, 0.15) is 62.5 Å². The van der Waals surface area contributed by atoms with E-state index in [0.29, 0.717) is 11.5 Å². The Bertz CT molecular complexity index is 723. The zero-order valence-electron chi connectivity index (χ0n) is 15.0. The van der Waals surface area contributed by atoms with E-state index in [4.69, 9.17) is 0 Å². The standard InChI is InChI=1S/C22H24F4/c1-2-4-15-7-9-16(10-8-15)17-11-13-18(14-12-17)19-5-3-6-20(21(19)23)22(24,25)26/h3,5-6,11-16H,2,4,7-10H2,1H3. The van der Waals surface area contributed by atoms with Crippen molar-refractivity contribution in [2.75, 3.05) is 0 Å². The Morgan fingerprint density at radius 1 is 0.923 bits per heavy atom. The van der Waals surface area contributed by atoms with Gasteiger partial charge in [0.2, 0.25) is 0 Å². The van der Waals surface area contributed by atoms with Gasteiger partial charge < -0.3 is 0 Å². The molecule has 0 spiro atoms. The Balaban J connectivity index is 1.77. The fraction of sp³-hybridized carbons (Fsp3) is 0.455. The minimum Gasteiger partial charge on any atom is -0.206 e. The van der Waals surface area contributed by atoms with Gasteiger partial charge in [-0.2, -0.15) is 13.2 Å². The average molecular weight is 364 g/mol. The van der Waals surface area contributed by atoms with E-state index >= 15 is 0 Å². The third-order valence-corrected chi connectivity index (χ3v) is 5.54. The molecule has 0 N–H and O–H groups in total. The molecule has 0 radical (unpaired) electrons. The summed E-state index contributed by atoms with van der Waals surface area (Å²) in [6, 6.07) is 10.8. The molecular weight excluding hydrogens is 340 g/mol. The largest absolute Gasteiger partial charge is 0.419 e. The van der Waals surface area contributed by atoms with Gasteiger partial charge in [0.15, 0.2) is 0 Å². The van der Waals surface area contributed by atoms with Gasteiger partial charge in [-0.3, -0.25) is 0 Å². The SMILES string of the molecule is CCCC1CCC(c2ccc(-c3cccc(C(F)(F)F)c3F)cc2)CC1. The summed E-state index contributed by atoms with van der Waals surface area (Å²) < 4.78 is 53.0. The second-order valence-corrected chi connectivity index (χ2v) is 7.29. The van der Waals surface area contributed by atoms with Gasteiger partial charge in [-0.1, -0.05) is 56.2 Å².